The molecule has 1 saturated carbocycles. The van der Waals surface area contributed by atoms with E-state index >= 15 is 0 Å². The van der Waals surface area contributed by atoms with Crippen LogP contribution in [-0.2, 0) is 14.3 Å². The molecule has 102 valence electrons. The Morgan fingerprint density at radius 3 is 2.44 bits per heavy atom. The number of nitrogens with two attached hydrogens (primary N) is 1. The number of hydrogen-bond donors (Lipinski definition) is 1. The molecule has 2 N–H and O–H groups in total. The van der Waals surface area contributed by atoms with Crippen LogP contribution in [0.25, 0.3) is 0 Å². The van der Waals surface area contributed by atoms with Crippen LogP contribution in [-0.4, -0.2) is 42.5 Å². The number of hydrogen-bond acceptors (Lipinski definition) is 4. The second kappa shape index (κ2) is 5.26. The summed E-state index contributed by atoms with van der Waals surface area (Å²) in [4.78, 5) is 25.4. The molecule has 0 aromatic carbocycles. The van der Waals surface area contributed by atoms with Crippen molar-refractivity contribution in [3.63, 3.8) is 0 Å². The van der Waals surface area contributed by atoms with Crippen LogP contribution in [0, 0.1) is 11.8 Å². The first kappa shape index (κ1) is 13.3. The molecule has 1 saturated heterocycles. The van der Waals surface area contributed by atoms with Crippen molar-refractivity contribution in [1.82, 2.24) is 4.90 Å². The molecule has 0 spiro atoms. The summed E-state index contributed by atoms with van der Waals surface area (Å²) in [6.07, 6.45) is 3.88. The van der Waals surface area contributed by atoms with Crippen LogP contribution < -0.4 is 5.73 Å². The van der Waals surface area contributed by atoms with Gasteiger partial charge in [0.05, 0.1) is 13.0 Å². The van der Waals surface area contributed by atoms with Gasteiger partial charge in [0, 0.05) is 12.6 Å². The highest BCUT2D eigenvalue weighted by molar-refractivity contribution is 5.78. The van der Waals surface area contributed by atoms with Gasteiger partial charge in [-0.05, 0) is 38.5 Å². The zero-order valence-electron chi connectivity index (χ0n) is 11.1. The van der Waals surface area contributed by atoms with Gasteiger partial charge in [0.15, 0.2) is 0 Å². The lowest BCUT2D eigenvalue weighted by molar-refractivity contribution is -0.151. The summed E-state index contributed by atoms with van der Waals surface area (Å²) in [6, 6.07) is 0.123. The van der Waals surface area contributed by atoms with E-state index < -0.39 is 0 Å². The third-order valence-electron chi connectivity index (χ3n) is 4.20. The topological polar surface area (TPSA) is 72.6 Å². The van der Waals surface area contributed by atoms with Gasteiger partial charge in [-0.2, -0.15) is 0 Å². The van der Waals surface area contributed by atoms with Crippen molar-refractivity contribution in [1.29, 1.82) is 0 Å². The first-order valence-corrected chi connectivity index (χ1v) is 6.67. The number of nitrogens with zero attached hydrogens (tertiary/aromatic N) is 1. The number of ether oxygens (including phenoxy) is 1. The number of piperidine rings is 1. The van der Waals surface area contributed by atoms with Crippen LogP contribution >= 0.6 is 0 Å². The summed E-state index contributed by atoms with van der Waals surface area (Å²) in [5, 5.41) is 0. The molecular weight excluding hydrogens is 232 g/mol. The van der Waals surface area contributed by atoms with Crippen LogP contribution in [0.4, 0.5) is 0 Å². The van der Waals surface area contributed by atoms with E-state index in [1.54, 1.807) is 0 Å². The molecule has 18 heavy (non-hydrogen) atoms. The molecule has 1 heterocycles. The zero-order valence-corrected chi connectivity index (χ0v) is 11.1. The number of esters is 1. The second-order valence-electron chi connectivity index (χ2n) is 5.53. The van der Waals surface area contributed by atoms with Gasteiger partial charge in [-0.25, -0.2) is 0 Å². The average molecular weight is 254 g/mol. The summed E-state index contributed by atoms with van der Waals surface area (Å²) in [7, 11) is 1.43. The van der Waals surface area contributed by atoms with Crippen LogP contribution in [0.3, 0.4) is 0 Å². The summed E-state index contributed by atoms with van der Waals surface area (Å²) in [6.45, 7) is 2.70. The van der Waals surface area contributed by atoms with E-state index in [1.807, 2.05) is 0 Å². The standard InChI is InChI=1S/C13H22N2O3/c1-8-3-4-10(12(14)16)7-15(8)11(9-5-6-9)13(17)18-2/h8-11H,3-7H2,1-2H3,(H2,14,16). The van der Waals surface area contributed by atoms with Crippen molar-refractivity contribution in [3.8, 4) is 0 Å². The van der Waals surface area contributed by atoms with Crippen molar-refractivity contribution in [2.24, 2.45) is 17.6 Å². The third-order valence-corrected chi connectivity index (χ3v) is 4.20. The molecule has 1 aliphatic heterocycles. The predicted octanol–water partition coefficient (Wildman–Crippen LogP) is 0.524. The highest BCUT2D eigenvalue weighted by Crippen LogP contribution is 2.38. The fourth-order valence-electron chi connectivity index (χ4n) is 2.89. The van der Waals surface area contributed by atoms with Crippen LogP contribution in [0.2, 0.25) is 0 Å². The highest BCUT2D eigenvalue weighted by Gasteiger charge is 2.44. The van der Waals surface area contributed by atoms with Crippen LogP contribution in [0.15, 0.2) is 0 Å². The first-order chi connectivity index (χ1) is 8.54. The summed E-state index contributed by atoms with van der Waals surface area (Å²) in [5.41, 5.74) is 5.39. The number of primary amides is 1. The van der Waals surface area contributed by atoms with Gasteiger partial charge >= 0.3 is 5.97 Å². The van der Waals surface area contributed by atoms with Gasteiger partial charge in [-0.1, -0.05) is 0 Å². The molecule has 3 atom stereocenters. The quantitative estimate of drug-likeness (QED) is 0.742. The number of methoxy groups -OCH3 is 1. The molecular formula is C13H22N2O3. The predicted molar refractivity (Wildman–Crippen MR) is 66.6 cm³/mol. The van der Waals surface area contributed by atoms with Crippen molar-refractivity contribution < 1.29 is 14.3 Å². The SMILES string of the molecule is COC(=O)C(C1CC1)N1CC(C(N)=O)CCC1C. The number of carbonyl (C=O) groups is 2. The number of rotatable bonds is 4. The Kier molecular flexibility index (Phi) is 3.90. The fraction of sp³-hybridized carbons (Fsp3) is 0.846. The lowest BCUT2D eigenvalue weighted by Gasteiger charge is -2.40. The Balaban J connectivity index is 2.11. The third kappa shape index (κ3) is 2.66. The van der Waals surface area contributed by atoms with E-state index in [0.29, 0.717) is 18.5 Å². The molecule has 1 aliphatic carbocycles. The van der Waals surface area contributed by atoms with Crippen molar-refractivity contribution >= 4 is 11.9 Å². The maximum absolute atomic E-state index is 11.9. The number of carbonyl (C=O) groups excluding carboxylic acids is 2. The molecule has 0 aromatic rings. The van der Waals surface area contributed by atoms with Crippen LogP contribution in [0.5, 0.6) is 0 Å². The number of likely N-dealkylation sites (tertiary alicyclic amines) is 1. The van der Waals surface area contributed by atoms with Crippen molar-refractivity contribution in [2.75, 3.05) is 13.7 Å². The normalized spacial score (nSPS) is 30.8. The van der Waals surface area contributed by atoms with Crippen molar-refractivity contribution in [2.45, 2.75) is 44.7 Å². The van der Waals surface area contributed by atoms with E-state index in [9.17, 15) is 9.59 Å². The molecule has 0 radical (unpaired) electrons. The smallest absolute Gasteiger partial charge is 0.323 e. The molecule has 5 nitrogen and oxygen atoms in total. The zero-order chi connectivity index (χ0) is 13.3. The minimum atomic E-state index is -0.258. The van der Waals surface area contributed by atoms with Crippen LogP contribution in [0.1, 0.15) is 32.6 Å². The lowest BCUT2D eigenvalue weighted by Crippen LogP contribution is -2.54. The van der Waals surface area contributed by atoms with Gasteiger partial charge in [0.2, 0.25) is 5.91 Å². The molecule has 2 fully saturated rings. The summed E-state index contributed by atoms with van der Waals surface area (Å²) < 4.78 is 4.91. The molecule has 5 heteroatoms. The molecule has 2 aliphatic rings. The maximum atomic E-state index is 11.9. The highest BCUT2D eigenvalue weighted by atomic mass is 16.5. The Morgan fingerprint density at radius 2 is 1.94 bits per heavy atom. The average Bonchev–Trinajstić information content (AvgIpc) is 3.15. The largest absolute Gasteiger partial charge is 0.468 e. The Labute approximate surface area is 108 Å². The number of amides is 1. The molecule has 1 amide bonds. The van der Waals surface area contributed by atoms with E-state index in [1.165, 1.54) is 7.11 Å². The summed E-state index contributed by atoms with van der Waals surface area (Å²) in [5.74, 6) is -0.167. The lowest BCUT2D eigenvalue weighted by atomic mass is 9.90. The van der Waals surface area contributed by atoms with E-state index in [2.05, 4.69) is 11.8 Å². The molecule has 0 aromatic heterocycles. The molecule has 0 bridgehead atoms. The first-order valence-electron chi connectivity index (χ1n) is 6.67. The second-order valence-corrected chi connectivity index (χ2v) is 5.53. The van der Waals surface area contributed by atoms with E-state index in [0.717, 1.165) is 25.7 Å². The summed E-state index contributed by atoms with van der Waals surface area (Å²) >= 11 is 0. The Hall–Kier alpha value is -1.10. The van der Waals surface area contributed by atoms with E-state index in [4.69, 9.17) is 10.5 Å². The minimum absolute atomic E-state index is 0.132. The van der Waals surface area contributed by atoms with Crippen molar-refractivity contribution in [3.05, 3.63) is 0 Å². The van der Waals surface area contributed by atoms with Gasteiger partial charge in [0.25, 0.3) is 0 Å². The van der Waals surface area contributed by atoms with Gasteiger partial charge in [-0.3, -0.25) is 14.5 Å². The fourth-order valence-corrected chi connectivity index (χ4v) is 2.89. The minimum Gasteiger partial charge on any atom is -0.468 e. The van der Waals surface area contributed by atoms with E-state index in [-0.39, 0.29) is 23.8 Å². The Bertz CT molecular complexity index is 341. The molecule has 3 unspecified atom stereocenters. The van der Waals surface area contributed by atoms with Gasteiger partial charge < -0.3 is 10.5 Å². The maximum Gasteiger partial charge on any atom is 0.323 e. The molecule has 2 rings (SSSR count). The monoisotopic (exact) mass is 254 g/mol. The van der Waals surface area contributed by atoms with Gasteiger partial charge in [0.1, 0.15) is 6.04 Å². The Morgan fingerprint density at radius 1 is 1.28 bits per heavy atom. The van der Waals surface area contributed by atoms with Gasteiger partial charge in [-0.15, -0.1) is 0 Å².